The topological polar surface area (TPSA) is 75.7 Å². The number of nitrogens with one attached hydrogen (secondary N) is 1. The zero-order chi connectivity index (χ0) is 13.7. The molecule has 0 amide bonds. The van der Waals surface area contributed by atoms with E-state index in [9.17, 15) is 0 Å². The number of aliphatic imine (C=N–C) groups is 2. The molecule has 2 aliphatic heterocycles. The van der Waals surface area contributed by atoms with E-state index < -0.39 is 0 Å². The second kappa shape index (κ2) is 4.23. The molecule has 1 spiro atoms. The first kappa shape index (κ1) is 12.2. The first-order chi connectivity index (χ1) is 9.69. The van der Waals surface area contributed by atoms with Crippen LogP contribution in [0.3, 0.4) is 0 Å². The average Bonchev–Trinajstić information content (AvgIpc) is 2.92. The van der Waals surface area contributed by atoms with E-state index in [0.29, 0.717) is 34.4 Å². The van der Waals surface area contributed by atoms with Crippen LogP contribution in [0.25, 0.3) is 0 Å². The molecule has 5 nitrogen and oxygen atoms in total. The highest BCUT2D eigenvalue weighted by Crippen LogP contribution is 2.60. The van der Waals surface area contributed by atoms with Gasteiger partial charge >= 0.3 is 0 Å². The van der Waals surface area contributed by atoms with Gasteiger partial charge in [0.2, 0.25) is 0 Å². The summed E-state index contributed by atoms with van der Waals surface area (Å²) in [5.74, 6) is 1.12. The van der Waals surface area contributed by atoms with Crippen molar-refractivity contribution in [2.24, 2.45) is 15.9 Å². The lowest BCUT2D eigenvalue weighted by molar-refractivity contribution is 0.856. The van der Waals surface area contributed by atoms with Gasteiger partial charge in [-0.2, -0.15) is 0 Å². The summed E-state index contributed by atoms with van der Waals surface area (Å²) in [4.78, 5) is 13.2. The van der Waals surface area contributed by atoms with Crippen LogP contribution in [0.4, 0.5) is 11.5 Å². The lowest BCUT2D eigenvalue weighted by Gasteiger charge is -2.10. The number of anilines is 2. The molecule has 4 rings (SSSR count). The highest BCUT2D eigenvalue weighted by atomic mass is 35.5. The van der Waals surface area contributed by atoms with Crippen molar-refractivity contribution >= 4 is 46.1 Å². The molecule has 3 unspecified atom stereocenters. The summed E-state index contributed by atoms with van der Waals surface area (Å²) >= 11 is 7.67. The third kappa shape index (κ3) is 1.75. The Labute approximate surface area is 125 Å². The van der Waals surface area contributed by atoms with Crippen LogP contribution in [0.15, 0.2) is 34.4 Å². The van der Waals surface area contributed by atoms with Crippen molar-refractivity contribution in [1.82, 2.24) is 4.98 Å². The summed E-state index contributed by atoms with van der Waals surface area (Å²) in [5, 5.41) is 5.19. The van der Waals surface area contributed by atoms with Crippen molar-refractivity contribution in [3.8, 4) is 0 Å². The number of rotatable bonds is 3. The number of fused-ring (bicyclic) bond motifs is 1. The largest absolute Gasteiger partial charge is 0.396 e. The van der Waals surface area contributed by atoms with Gasteiger partial charge in [-0.3, -0.25) is 9.98 Å². The predicted molar refractivity (Wildman–Crippen MR) is 84.8 cm³/mol. The maximum atomic E-state index is 5.87. The fourth-order valence-corrected chi connectivity index (χ4v) is 4.30. The van der Waals surface area contributed by atoms with Gasteiger partial charge in [-0.25, -0.2) is 4.98 Å². The third-order valence-corrected chi connectivity index (χ3v) is 5.39. The van der Waals surface area contributed by atoms with E-state index in [0.717, 1.165) is 5.04 Å². The van der Waals surface area contributed by atoms with E-state index in [2.05, 4.69) is 21.4 Å². The number of hydrogen-bond acceptors (Lipinski definition) is 6. The zero-order valence-electron chi connectivity index (χ0n) is 10.5. The highest BCUT2D eigenvalue weighted by Gasteiger charge is 2.67. The van der Waals surface area contributed by atoms with E-state index in [1.54, 1.807) is 12.1 Å². The Morgan fingerprint density at radius 2 is 2.35 bits per heavy atom. The Morgan fingerprint density at radius 3 is 3.25 bits per heavy atom. The molecule has 3 aliphatic rings. The van der Waals surface area contributed by atoms with Crippen LogP contribution in [0.5, 0.6) is 0 Å². The molecule has 3 heterocycles. The van der Waals surface area contributed by atoms with Gasteiger partial charge in [0.05, 0.1) is 22.5 Å². The van der Waals surface area contributed by atoms with Crippen molar-refractivity contribution in [3.05, 3.63) is 29.6 Å². The summed E-state index contributed by atoms with van der Waals surface area (Å²) in [6, 6.07) is 3.42. The molecule has 1 fully saturated rings. The fraction of sp³-hybridized carbons (Fsp3) is 0.308. The monoisotopic (exact) mass is 305 g/mol. The van der Waals surface area contributed by atoms with Crippen LogP contribution in [-0.4, -0.2) is 33.6 Å². The molecule has 0 saturated heterocycles. The van der Waals surface area contributed by atoms with Crippen molar-refractivity contribution in [3.63, 3.8) is 0 Å². The number of hydrogen-bond donors (Lipinski definition) is 2. The molecule has 1 aliphatic carbocycles. The van der Waals surface area contributed by atoms with Crippen LogP contribution in [0.1, 0.15) is 0 Å². The van der Waals surface area contributed by atoms with Gasteiger partial charge in [0.25, 0.3) is 0 Å². The molecule has 3 N–H and O–H groups in total. The van der Waals surface area contributed by atoms with E-state index in [1.807, 2.05) is 24.2 Å². The quantitative estimate of drug-likeness (QED) is 0.840. The van der Waals surface area contributed by atoms with Crippen LogP contribution in [-0.2, 0) is 0 Å². The van der Waals surface area contributed by atoms with Gasteiger partial charge in [0.15, 0.2) is 5.82 Å². The first-order valence-corrected chi connectivity index (χ1v) is 7.57. The summed E-state index contributed by atoms with van der Waals surface area (Å²) in [5.41, 5.74) is 6.36. The number of thioether (sulfide) groups is 1. The maximum absolute atomic E-state index is 5.87. The number of halogens is 1. The van der Waals surface area contributed by atoms with Gasteiger partial charge in [-0.05, 0) is 12.1 Å². The Kier molecular flexibility index (Phi) is 2.59. The Hall–Kier alpha value is -1.53. The molecule has 1 saturated carbocycles. The number of nitrogens with two attached hydrogens (primary N) is 1. The fourth-order valence-electron chi connectivity index (χ4n) is 2.66. The molecule has 1 aromatic rings. The molecule has 102 valence electrons. The van der Waals surface area contributed by atoms with E-state index in [-0.39, 0.29) is 5.54 Å². The standard InChI is InChI=1S/C13H12ClN5S/c14-9-2-1-8(15)12(18-9)17-5-10-19-13-6-16-4-3-7(13)11(13)20-10/h1-4,6-7,11H,5,15H2,(H,17,18). The minimum absolute atomic E-state index is 0.0796. The van der Waals surface area contributed by atoms with Crippen LogP contribution >= 0.6 is 23.4 Å². The second-order valence-corrected chi connectivity index (χ2v) is 6.60. The highest BCUT2D eigenvalue weighted by molar-refractivity contribution is 8.15. The van der Waals surface area contributed by atoms with Crippen molar-refractivity contribution < 1.29 is 0 Å². The predicted octanol–water partition coefficient (Wildman–Crippen LogP) is 2.21. The average molecular weight is 306 g/mol. The van der Waals surface area contributed by atoms with Crippen LogP contribution in [0.2, 0.25) is 5.15 Å². The van der Waals surface area contributed by atoms with Gasteiger partial charge < -0.3 is 11.1 Å². The summed E-state index contributed by atoms with van der Waals surface area (Å²) in [6.07, 6.45) is 5.97. The minimum Gasteiger partial charge on any atom is -0.396 e. The molecule has 1 aromatic heterocycles. The van der Waals surface area contributed by atoms with Crippen molar-refractivity contribution in [2.75, 3.05) is 17.6 Å². The van der Waals surface area contributed by atoms with Gasteiger partial charge in [-0.15, -0.1) is 11.8 Å². The summed E-state index contributed by atoms with van der Waals surface area (Å²) in [7, 11) is 0. The zero-order valence-corrected chi connectivity index (χ0v) is 12.0. The lowest BCUT2D eigenvalue weighted by atomic mass is 10.2. The number of nitrogens with zero attached hydrogens (tertiary/aromatic N) is 3. The number of nitrogen functional groups attached to an aromatic ring is 1. The molecule has 20 heavy (non-hydrogen) atoms. The van der Waals surface area contributed by atoms with E-state index in [4.69, 9.17) is 22.3 Å². The Morgan fingerprint density at radius 1 is 1.45 bits per heavy atom. The normalized spacial score (nSPS) is 32.5. The SMILES string of the molecule is Nc1ccc(Cl)nc1NCC1=NC23C=NC=CC2C3S1. The van der Waals surface area contributed by atoms with Gasteiger partial charge in [0, 0.05) is 18.3 Å². The van der Waals surface area contributed by atoms with Gasteiger partial charge in [0.1, 0.15) is 10.7 Å². The smallest absolute Gasteiger partial charge is 0.151 e. The van der Waals surface area contributed by atoms with E-state index in [1.165, 1.54) is 0 Å². The Bertz CT molecular complexity index is 671. The van der Waals surface area contributed by atoms with Crippen molar-refractivity contribution in [2.45, 2.75) is 10.8 Å². The molecule has 0 bridgehead atoms. The molecular weight excluding hydrogens is 294 g/mol. The molecule has 3 atom stereocenters. The van der Waals surface area contributed by atoms with Crippen LogP contribution < -0.4 is 11.1 Å². The lowest BCUT2D eigenvalue weighted by Crippen LogP contribution is -2.17. The van der Waals surface area contributed by atoms with Crippen molar-refractivity contribution in [1.29, 1.82) is 0 Å². The first-order valence-electron chi connectivity index (χ1n) is 6.31. The number of pyridine rings is 1. The molecule has 0 radical (unpaired) electrons. The maximum Gasteiger partial charge on any atom is 0.151 e. The van der Waals surface area contributed by atoms with Crippen LogP contribution in [0, 0.1) is 5.92 Å². The minimum atomic E-state index is -0.0796. The van der Waals surface area contributed by atoms with E-state index >= 15 is 0 Å². The molecule has 0 aromatic carbocycles. The third-order valence-electron chi connectivity index (χ3n) is 3.75. The molecular formula is C13H12ClN5S. The number of aromatic nitrogens is 1. The summed E-state index contributed by atoms with van der Waals surface area (Å²) < 4.78 is 0. The summed E-state index contributed by atoms with van der Waals surface area (Å²) in [6.45, 7) is 0.616. The Balaban J connectivity index is 1.47. The molecule has 7 heteroatoms. The second-order valence-electron chi connectivity index (χ2n) is 5.00. The van der Waals surface area contributed by atoms with Gasteiger partial charge in [-0.1, -0.05) is 17.7 Å².